The van der Waals surface area contributed by atoms with Gasteiger partial charge in [0.15, 0.2) is 11.6 Å². The van der Waals surface area contributed by atoms with Crippen molar-refractivity contribution in [1.29, 1.82) is 0 Å². The molecule has 166 valence electrons. The lowest BCUT2D eigenvalue weighted by Crippen LogP contribution is -2.44. The Kier molecular flexibility index (Phi) is 6.82. The van der Waals surface area contributed by atoms with Crippen molar-refractivity contribution in [3.05, 3.63) is 36.3 Å². The van der Waals surface area contributed by atoms with Crippen molar-refractivity contribution in [2.24, 2.45) is 15.9 Å². The summed E-state index contributed by atoms with van der Waals surface area (Å²) in [6.45, 7) is -3.39. The van der Waals surface area contributed by atoms with Gasteiger partial charge < -0.3 is 20.6 Å². The number of aromatic nitrogens is 2. The number of benzene rings is 1. The van der Waals surface area contributed by atoms with Gasteiger partial charge in [0, 0.05) is 31.1 Å². The topological polar surface area (TPSA) is 107 Å². The third-order valence-electron chi connectivity index (χ3n) is 4.08. The van der Waals surface area contributed by atoms with Crippen LogP contribution in [0, 0.1) is 5.82 Å². The summed E-state index contributed by atoms with van der Waals surface area (Å²) in [5, 5.41) is 6.34. The average molecular weight is 444 g/mol. The van der Waals surface area contributed by atoms with E-state index in [1.807, 2.05) is 0 Å². The Labute approximate surface area is 173 Å². The maximum atomic E-state index is 13.4. The van der Waals surface area contributed by atoms with Crippen molar-refractivity contribution in [2.75, 3.05) is 11.9 Å². The molecule has 8 nitrogen and oxygen atoms in total. The predicted octanol–water partition coefficient (Wildman–Crippen LogP) is 3.52. The van der Waals surface area contributed by atoms with Crippen molar-refractivity contribution >= 4 is 23.4 Å². The molecule has 0 spiro atoms. The summed E-state index contributed by atoms with van der Waals surface area (Å²) in [5.74, 6) is 1.31. The number of nitrogens with one attached hydrogen (secondary N) is 1. The van der Waals surface area contributed by atoms with Crippen LogP contribution in [-0.2, 0) is 0 Å². The Hall–Kier alpha value is -3.51. The summed E-state index contributed by atoms with van der Waals surface area (Å²) >= 11 is 0. The first-order valence-electron chi connectivity index (χ1n) is 8.89. The molecule has 31 heavy (non-hydrogen) atoms. The molecule has 3 rings (SSSR count). The van der Waals surface area contributed by atoms with Gasteiger partial charge in [-0.1, -0.05) is 0 Å². The van der Waals surface area contributed by atoms with E-state index in [1.165, 1.54) is 24.5 Å². The quantitative estimate of drug-likeness (QED) is 0.265. The summed E-state index contributed by atoms with van der Waals surface area (Å²) in [6.07, 6.45) is 2.01. The predicted molar refractivity (Wildman–Crippen MR) is 102 cm³/mol. The molecule has 0 unspecified atom stereocenters. The Bertz CT molecular complexity index is 964. The molecule has 13 heteroatoms. The van der Waals surface area contributed by atoms with Gasteiger partial charge in [0.1, 0.15) is 18.1 Å². The van der Waals surface area contributed by atoms with Gasteiger partial charge in [-0.15, -0.1) is 0 Å². The fourth-order valence-electron chi connectivity index (χ4n) is 2.62. The summed E-state index contributed by atoms with van der Waals surface area (Å²) < 4.78 is 73.3. The largest absolute Gasteiger partial charge is 0.457 e. The molecule has 0 aliphatic heterocycles. The van der Waals surface area contributed by atoms with Crippen LogP contribution in [0.15, 0.2) is 40.6 Å². The molecule has 1 heterocycles. The lowest BCUT2D eigenvalue weighted by Gasteiger charge is -2.35. The molecule has 0 radical (unpaired) electrons. The van der Waals surface area contributed by atoms with Gasteiger partial charge in [-0.05, 0) is 18.2 Å². The number of halogens is 5. The molecule has 0 atom stereocenters. The first-order chi connectivity index (χ1) is 14.7. The number of ether oxygens (including phenoxy) is 2. The SMILES string of the molecule is NN=C(C=Nc1ccc(F)c(OC(F)F)c1)COc1nccc(NC2CC(F)(F)C2)n1. The van der Waals surface area contributed by atoms with E-state index < -0.39 is 24.1 Å². The zero-order valence-electron chi connectivity index (χ0n) is 15.8. The number of nitrogens with two attached hydrogens (primary N) is 1. The number of nitrogens with zero attached hydrogens (tertiary/aromatic N) is 4. The van der Waals surface area contributed by atoms with Crippen molar-refractivity contribution in [1.82, 2.24) is 9.97 Å². The van der Waals surface area contributed by atoms with Gasteiger partial charge in [0.25, 0.3) is 5.92 Å². The standard InChI is InChI=1S/C18H17F5N6O2/c19-13-2-1-10(5-14(13)31-16(20)21)26-8-12(29-24)9-30-17-25-4-3-15(28-17)27-11-6-18(22,23)7-11/h1-5,8,11,16H,6-7,9,24H2,(H,25,27,28). The van der Waals surface area contributed by atoms with Crippen molar-refractivity contribution in [3.63, 3.8) is 0 Å². The van der Waals surface area contributed by atoms with Gasteiger partial charge in [-0.3, -0.25) is 4.99 Å². The Morgan fingerprint density at radius 1 is 1.32 bits per heavy atom. The van der Waals surface area contributed by atoms with Crippen molar-refractivity contribution < 1.29 is 31.4 Å². The molecule has 0 saturated heterocycles. The molecule has 2 aromatic rings. The number of hydrazone groups is 1. The van der Waals surface area contributed by atoms with E-state index in [1.54, 1.807) is 0 Å². The van der Waals surface area contributed by atoms with Gasteiger partial charge in [0.2, 0.25) is 0 Å². The molecule has 1 fully saturated rings. The number of alkyl halides is 4. The van der Waals surface area contributed by atoms with Crippen molar-refractivity contribution in [2.45, 2.75) is 31.4 Å². The van der Waals surface area contributed by atoms with E-state index >= 15 is 0 Å². The molecule has 1 aromatic heterocycles. The monoisotopic (exact) mass is 444 g/mol. The highest BCUT2D eigenvalue weighted by atomic mass is 19.3. The first kappa shape index (κ1) is 22.2. The second kappa shape index (κ2) is 9.53. The van der Waals surface area contributed by atoms with E-state index in [2.05, 4.69) is 30.1 Å². The zero-order valence-corrected chi connectivity index (χ0v) is 15.8. The molecule has 0 amide bonds. The maximum absolute atomic E-state index is 13.4. The molecule has 3 N–H and O–H groups in total. The van der Waals surface area contributed by atoms with Crippen LogP contribution in [0.4, 0.5) is 33.5 Å². The molecular formula is C18H17F5N6O2. The minimum atomic E-state index is -3.19. The van der Waals surface area contributed by atoms with Crippen LogP contribution in [0.1, 0.15) is 12.8 Å². The Balaban J connectivity index is 1.57. The Morgan fingerprint density at radius 3 is 2.77 bits per heavy atom. The number of hydrogen-bond donors (Lipinski definition) is 2. The highest BCUT2D eigenvalue weighted by Crippen LogP contribution is 2.38. The van der Waals surface area contributed by atoms with Crippen molar-refractivity contribution in [3.8, 4) is 11.8 Å². The van der Waals surface area contributed by atoms with E-state index in [0.29, 0.717) is 5.82 Å². The Morgan fingerprint density at radius 2 is 2.10 bits per heavy atom. The normalized spacial score (nSPS) is 16.4. The van der Waals surface area contributed by atoms with Crippen LogP contribution in [-0.4, -0.2) is 47.1 Å². The van der Waals surface area contributed by atoms with E-state index in [-0.39, 0.29) is 42.9 Å². The highest BCUT2D eigenvalue weighted by molar-refractivity contribution is 6.31. The molecule has 1 aliphatic carbocycles. The smallest absolute Gasteiger partial charge is 0.387 e. The lowest BCUT2D eigenvalue weighted by molar-refractivity contribution is -0.0794. The molecule has 0 bridgehead atoms. The summed E-state index contributed by atoms with van der Waals surface area (Å²) in [5.41, 5.74) is 0.235. The second-order valence-corrected chi connectivity index (χ2v) is 6.49. The maximum Gasteiger partial charge on any atom is 0.387 e. The first-order valence-corrected chi connectivity index (χ1v) is 8.89. The summed E-state index contributed by atoms with van der Waals surface area (Å²) in [6, 6.07) is 4.21. The third kappa shape index (κ3) is 6.49. The minimum absolute atomic E-state index is 0.0555. The third-order valence-corrected chi connectivity index (χ3v) is 4.08. The van der Waals surface area contributed by atoms with Crippen LogP contribution < -0.4 is 20.6 Å². The van der Waals surface area contributed by atoms with Gasteiger partial charge in [-0.25, -0.2) is 18.2 Å². The number of rotatable bonds is 9. The zero-order chi connectivity index (χ0) is 22.4. The number of anilines is 1. The fraction of sp³-hybridized carbons (Fsp3) is 0.333. The summed E-state index contributed by atoms with van der Waals surface area (Å²) in [7, 11) is 0. The van der Waals surface area contributed by atoms with Crippen LogP contribution in [0.5, 0.6) is 11.8 Å². The fourth-order valence-corrected chi connectivity index (χ4v) is 2.62. The number of aliphatic imine (C=N–C) groups is 1. The van der Waals surface area contributed by atoms with Gasteiger partial charge >= 0.3 is 12.6 Å². The average Bonchev–Trinajstić information content (AvgIpc) is 2.69. The minimum Gasteiger partial charge on any atom is -0.457 e. The highest BCUT2D eigenvalue weighted by Gasteiger charge is 2.45. The van der Waals surface area contributed by atoms with E-state index in [0.717, 1.165) is 12.1 Å². The summed E-state index contributed by atoms with van der Waals surface area (Å²) in [4.78, 5) is 11.9. The van der Waals surface area contributed by atoms with Crippen LogP contribution >= 0.6 is 0 Å². The van der Waals surface area contributed by atoms with E-state index in [9.17, 15) is 22.0 Å². The lowest BCUT2D eigenvalue weighted by atomic mass is 9.88. The molecule has 1 aliphatic rings. The second-order valence-electron chi connectivity index (χ2n) is 6.49. The van der Waals surface area contributed by atoms with Gasteiger partial charge in [0.05, 0.1) is 11.9 Å². The number of hydrogen-bond acceptors (Lipinski definition) is 8. The van der Waals surface area contributed by atoms with Gasteiger partial charge in [-0.2, -0.15) is 18.9 Å². The molecular weight excluding hydrogens is 427 g/mol. The van der Waals surface area contributed by atoms with E-state index in [4.69, 9.17) is 10.6 Å². The van der Waals surface area contributed by atoms with Crippen LogP contribution in [0.25, 0.3) is 0 Å². The molecule has 1 saturated carbocycles. The van der Waals surface area contributed by atoms with Crippen LogP contribution in [0.3, 0.4) is 0 Å². The van der Waals surface area contributed by atoms with Crippen LogP contribution in [0.2, 0.25) is 0 Å². The molecule has 1 aromatic carbocycles.